The molecule has 0 unspecified atom stereocenters. The van der Waals surface area contributed by atoms with Crippen LogP contribution < -0.4 is 21.3 Å². The molecule has 39 heavy (non-hydrogen) atoms. The predicted octanol–water partition coefficient (Wildman–Crippen LogP) is 1.69. The molecule has 3 heterocycles. The summed E-state index contributed by atoms with van der Waals surface area (Å²) >= 11 is 0. The standard InChI is InChI=1S/C28H34N8O3/c1-2-22(37)32-20-12-21(25(39)24(20)38)36-15-31-23-26(33-28(34-27(23)36)35-11-10-18(29)14-35)30-13-17-8-5-7-16-6-3-4-9-19(16)17/h3-9,15,18,20-21,24-25,38-39H,2,10-14,29H2,1H3,(H,32,37)(H,30,33,34)/t18-,20+,21-,24-,25+/m1/s1. The molecule has 6 N–H and O–H groups in total. The lowest BCUT2D eigenvalue weighted by atomic mass is 10.0. The molecule has 1 saturated heterocycles. The van der Waals surface area contributed by atoms with Gasteiger partial charge in [-0.2, -0.15) is 9.97 Å². The van der Waals surface area contributed by atoms with Gasteiger partial charge in [-0.05, 0) is 29.2 Å². The second kappa shape index (κ2) is 10.4. The van der Waals surface area contributed by atoms with E-state index in [0.717, 1.165) is 23.9 Å². The number of aliphatic hydroxyl groups is 2. The van der Waals surface area contributed by atoms with E-state index in [9.17, 15) is 15.0 Å². The van der Waals surface area contributed by atoms with Crippen LogP contribution >= 0.6 is 0 Å². The molecule has 204 valence electrons. The Morgan fingerprint density at radius 3 is 2.74 bits per heavy atom. The van der Waals surface area contributed by atoms with Crippen LogP contribution in [0.15, 0.2) is 48.8 Å². The zero-order valence-corrected chi connectivity index (χ0v) is 21.9. The van der Waals surface area contributed by atoms with Crippen LogP contribution in [0.3, 0.4) is 0 Å². The summed E-state index contributed by atoms with van der Waals surface area (Å²) in [6.07, 6.45) is 0.961. The first-order valence-electron chi connectivity index (χ1n) is 13.5. The Morgan fingerprint density at radius 1 is 1.13 bits per heavy atom. The van der Waals surface area contributed by atoms with Crippen LogP contribution in [-0.2, 0) is 11.3 Å². The van der Waals surface area contributed by atoms with Gasteiger partial charge in [0.2, 0.25) is 11.9 Å². The van der Waals surface area contributed by atoms with Gasteiger partial charge in [0.15, 0.2) is 17.0 Å². The highest BCUT2D eigenvalue weighted by molar-refractivity contribution is 5.87. The lowest BCUT2D eigenvalue weighted by Gasteiger charge is -2.20. The molecule has 2 aromatic heterocycles. The second-order valence-electron chi connectivity index (χ2n) is 10.5. The molecule has 1 amide bonds. The summed E-state index contributed by atoms with van der Waals surface area (Å²) in [6, 6.07) is 13.5. The van der Waals surface area contributed by atoms with E-state index in [1.54, 1.807) is 17.8 Å². The number of amides is 1. The monoisotopic (exact) mass is 530 g/mol. The summed E-state index contributed by atoms with van der Waals surface area (Å²) in [4.78, 5) is 28.4. The number of anilines is 2. The summed E-state index contributed by atoms with van der Waals surface area (Å²) in [5.41, 5.74) is 8.45. The highest BCUT2D eigenvalue weighted by Crippen LogP contribution is 2.35. The number of aromatic nitrogens is 4. The molecule has 4 aromatic rings. The topological polar surface area (TPSA) is 154 Å². The largest absolute Gasteiger partial charge is 0.388 e. The number of rotatable bonds is 7. The van der Waals surface area contributed by atoms with Crippen LogP contribution in [-0.4, -0.2) is 73.0 Å². The molecule has 6 rings (SSSR count). The molecule has 11 nitrogen and oxygen atoms in total. The van der Waals surface area contributed by atoms with Crippen molar-refractivity contribution < 1.29 is 15.0 Å². The molecule has 0 radical (unpaired) electrons. The third-order valence-corrected chi connectivity index (χ3v) is 7.92. The first-order chi connectivity index (χ1) is 18.9. The maximum absolute atomic E-state index is 12.0. The first kappa shape index (κ1) is 25.5. The third-order valence-electron chi connectivity index (χ3n) is 7.92. The maximum atomic E-state index is 12.0. The van der Waals surface area contributed by atoms with Gasteiger partial charge in [0.1, 0.15) is 12.2 Å². The summed E-state index contributed by atoms with van der Waals surface area (Å²) in [7, 11) is 0. The number of benzene rings is 2. The van der Waals surface area contributed by atoms with E-state index in [-0.39, 0.29) is 11.9 Å². The number of nitrogens with zero attached hydrogens (tertiary/aromatic N) is 5. The summed E-state index contributed by atoms with van der Waals surface area (Å²) in [5.74, 6) is 0.963. The average molecular weight is 531 g/mol. The van der Waals surface area contributed by atoms with Gasteiger partial charge in [0.25, 0.3) is 0 Å². The van der Waals surface area contributed by atoms with E-state index in [0.29, 0.717) is 48.9 Å². The van der Waals surface area contributed by atoms with E-state index in [1.807, 2.05) is 18.2 Å². The van der Waals surface area contributed by atoms with Crippen LogP contribution in [0.2, 0.25) is 0 Å². The molecule has 2 aliphatic rings. The highest BCUT2D eigenvalue weighted by Gasteiger charge is 2.43. The smallest absolute Gasteiger partial charge is 0.229 e. The molecule has 0 bridgehead atoms. The minimum Gasteiger partial charge on any atom is -0.388 e. The van der Waals surface area contributed by atoms with Crippen molar-refractivity contribution in [1.82, 2.24) is 24.8 Å². The van der Waals surface area contributed by atoms with Crippen LogP contribution in [0.25, 0.3) is 21.9 Å². The van der Waals surface area contributed by atoms with E-state index >= 15 is 0 Å². The van der Waals surface area contributed by atoms with Gasteiger partial charge in [0, 0.05) is 32.1 Å². The van der Waals surface area contributed by atoms with E-state index in [2.05, 4.69) is 44.8 Å². The number of hydrogen-bond acceptors (Lipinski definition) is 9. The van der Waals surface area contributed by atoms with E-state index in [4.69, 9.17) is 15.7 Å². The summed E-state index contributed by atoms with van der Waals surface area (Å²) in [5, 5.41) is 30.3. The fourth-order valence-corrected chi connectivity index (χ4v) is 5.74. The van der Waals surface area contributed by atoms with Crippen molar-refractivity contribution in [3.8, 4) is 0 Å². The van der Waals surface area contributed by atoms with Crippen LogP contribution in [0.1, 0.15) is 37.8 Å². The number of nitrogens with one attached hydrogen (secondary N) is 2. The van der Waals surface area contributed by atoms with Gasteiger partial charge in [-0.15, -0.1) is 0 Å². The third kappa shape index (κ3) is 4.77. The van der Waals surface area contributed by atoms with Crippen molar-refractivity contribution in [1.29, 1.82) is 0 Å². The fourth-order valence-electron chi connectivity index (χ4n) is 5.74. The van der Waals surface area contributed by atoms with E-state index < -0.39 is 24.3 Å². The normalized spacial score (nSPS) is 25.0. The van der Waals surface area contributed by atoms with Crippen LogP contribution in [0.5, 0.6) is 0 Å². The number of nitrogens with two attached hydrogens (primary N) is 1. The number of fused-ring (bicyclic) bond motifs is 2. The quantitative estimate of drug-likeness (QED) is 0.240. The first-order valence-corrected chi connectivity index (χ1v) is 13.5. The minimum atomic E-state index is -1.09. The number of carbonyl (C=O) groups excluding carboxylic acids is 1. The predicted molar refractivity (Wildman–Crippen MR) is 149 cm³/mol. The SMILES string of the molecule is CCC(=O)N[C@H]1C[C@@H](n2cnc3c(NCc4cccc5ccccc45)nc(N4CC[C@@H](N)C4)nc32)[C@H](O)[C@@H]1O. The second-order valence-corrected chi connectivity index (χ2v) is 10.5. The number of hydrogen-bond donors (Lipinski definition) is 5. The molecule has 1 saturated carbocycles. The summed E-state index contributed by atoms with van der Waals surface area (Å²) < 4.78 is 1.80. The zero-order valence-electron chi connectivity index (χ0n) is 21.9. The maximum Gasteiger partial charge on any atom is 0.229 e. The van der Waals surface area contributed by atoms with Gasteiger partial charge in [-0.25, -0.2) is 4.98 Å². The molecular weight excluding hydrogens is 496 g/mol. The Kier molecular flexibility index (Phi) is 6.79. The van der Waals surface area contributed by atoms with Crippen LogP contribution in [0, 0.1) is 0 Å². The Labute approximate surface area is 226 Å². The lowest BCUT2D eigenvalue weighted by molar-refractivity contribution is -0.122. The van der Waals surface area contributed by atoms with Crippen LogP contribution in [0.4, 0.5) is 11.8 Å². The molecule has 0 spiro atoms. The molecule has 11 heteroatoms. The number of aliphatic hydroxyl groups excluding tert-OH is 2. The molecule has 5 atom stereocenters. The fraction of sp³-hybridized carbons (Fsp3) is 0.429. The molecule has 2 fully saturated rings. The van der Waals surface area contributed by atoms with Crippen molar-refractivity contribution in [3.63, 3.8) is 0 Å². The summed E-state index contributed by atoms with van der Waals surface area (Å²) in [6.45, 7) is 3.69. The molecule has 1 aliphatic heterocycles. The molecule has 1 aliphatic carbocycles. The average Bonchev–Trinajstić information content (AvgIpc) is 3.65. The van der Waals surface area contributed by atoms with E-state index in [1.165, 1.54) is 5.39 Å². The van der Waals surface area contributed by atoms with Gasteiger partial charge in [-0.1, -0.05) is 49.4 Å². The Hall–Kier alpha value is -3.80. The van der Waals surface area contributed by atoms with Crippen molar-refractivity contribution in [3.05, 3.63) is 54.4 Å². The zero-order chi connectivity index (χ0) is 27.1. The Morgan fingerprint density at radius 2 is 1.95 bits per heavy atom. The van der Waals surface area contributed by atoms with Crippen molar-refractivity contribution in [2.24, 2.45) is 5.73 Å². The molecule has 2 aromatic carbocycles. The Bertz CT molecular complexity index is 1500. The Balaban J connectivity index is 1.36. The van der Waals surface area contributed by atoms with Crippen molar-refractivity contribution in [2.75, 3.05) is 23.3 Å². The van der Waals surface area contributed by atoms with Crippen molar-refractivity contribution >= 4 is 39.6 Å². The van der Waals surface area contributed by atoms with Crippen molar-refractivity contribution in [2.45, 2.75) is 63.1 Å². The molecular formula is C28H34N8O3. The number of carbonyl (C=O) groups is 1. The van der Waals surface area contributed by atoms with Gasteiger partial charge >= 0.3 is 0 Å². The van der Waals surface area contributed by atoms with Gasteiger partial charge in [0.05, 0.1) is 18.4 Å². The number of imidazole rings is 1. The van der Waals surface area contributed by atoms with Gasteiger partial charge < -0.3 is 36.0 Å². The highest BCUT2D eigenvalue weighted by atomic mass is 16.3. The lowest BCUT2D eigenvalue weighted by Crippen LogP contribution is -2.42. The van der Waals surface area contributed by atoms with Gasteiger partial charge in [-0.3, -0.25) is 4.79 Å². The minimum absolute atomic E-state index is 0.0519.